The maximum absolute atomic E-state index is 13.3. The van der Waals surface area contributed by atoms with Gasteiger partial charge in [0.05, 0.1) is 26.0 Å². The van der Waals surface area contributed by atoms with Crippen LogP contribution in [0.25, 0.3) is 0 Å². The Morgan fingerprint density at radius 3 is 2.64 bits per heavy atom. The van der Waals surface area contributed by atoms with Gasteiger partial charge in [0.1, 0.15) is 4.90 Å². The molecule has 1 amide bonds. The number of anilines is 1. The molecule has 0 radical (unpaired) electrons. The number of benzene rings is 2. The standard InChI is InChI=1S/C22H28BrN3O6S/c1-31-19-5-3-15(10-20(19)32-2)18(27)12-25-17-11-16(23)4-6-21(17)33(29,30)26-8-7-14(13-26)9-22(24)28/h3-6,10-11,14,18,25,27H,7-9,12-13H2,1-2H3,(H2,24,28). The van der Waals surface area contributed by atoms with Gasteiger partial charge in [-0.3, -0.25) is 4.79 Å². The summed E-state index contributed by atoms with van der Waals surface area (Å²) in [4.78, 5) is 11.3. The minimum atomic E-state index is -3.81. The molecule has 1 fully saturated rings. The molecule has 1 saturated heterocycles. The van der Waals surface area contributed by atoms with Gasteiger partial charge in [-0.1, -0.05) is 22.0 Å². The average molecular weight is 542 g/mol. The SMILES string of the molecule is COc1ccc(C(O)CNc2cc(Br)ccc2S(=O)(=O)N2CCC(CC(N)=O)C2)cc1OC. The zero-order valence-electron chi connectivity index (χ0n) is 18.5. The highest BCUT2D eigenvalue weighted by molar-refractivity contribution is 9.10. The summed E-state index contributed by atoms with van der Waals surface area (Å²) in [6.45, 7) is 0.637. The molecular weight excluding hydrogens is 514 g/mol. The number of halogens is 1. The van der Waals surface area contributed by atoms with Gasteiger partial charge in [0.25, 0.3) is 0 Å². The van der Waals surface area contributed by atoms with Crippen LogP contribution in [0.3, 0.4) is 0 Å². The number of hydrogen-bond donors (Lipinski definition) is 3. The van der Waals surface area contributed by atoms with Gasteiger partial charge >= 0.3 is 0 Å². The lowest BCUT2D eigenvalue weighted by atomic mass is 10.1. The Morgan fingerprint density at radius 1 is 1.24 bits per heavy atom. The average Bonchev–Trinajstić information content (AvgIpc) is 3.25. The Kier molecular flexibility index (Phi) is 8.22. The highest BCUT2D eigenvalue weighted by Gasteiger charge is 2.34. The largest absolute Gasteiger partial charge is 0.493 e. The molecule has 0 saturated carbocycles. The van der Waals surface area contributed by atoms with E-state index >= 15 is 0 Å². The van der Waals surface area contributed by atoms with Gasteiger partial charge in [0, 0.05) is 30.5 Å². The number of carbonyl (C=O) groups is 1. The van der Waals surface area contributed by atoms with E-state index in [1.54, 1.807) is 30.3 Å². The number of primary amides is 1. The minimum absolute atomic E-state index is 0.0682. The second-order valence-electron chi connectivity index (χ2n) is 7.84. The van der Waals surface area contributed by atoms with E-state index in [0.717, 1.165) is 0 Å². The van der Waals surface area contributed by atoms with Crippen molar-refractivity contribution in [1.29, 1.82) is 0 Å². The van der Waals surface area contributed by atoms with Crippen LogP contribution in [0.1, 0.15) is 24.5 Å². The molecule has 0 spiro atoms. The van der Waals surface area contributed by atoms with E-state index in [9.17, 15) is 18.3 Å². The van der Waals surface area contributed by atoms with Crippen LogP contribution in [0.2, 0.25) is 0 Å². The third kappa shape index (κ3) is 5.97. The summed E-state index contributed by atoms with van der Waals surface area (Å²) in [5, 5.41) is 13.7. The van der Waals surface area contributed by atoms with Crippen LogP contribution < -0.4 is 20.5 Å². The Hall–Kier alpha value is -2.34. The van der Waals surface area contributed by atoms with Gasteiger partial charge in [0.2, 0.25) is 15.9 Å². The van der Waals surface area contributed by atoms with E-state index < -0.39 is 22.0 Å². The maximum atomic E-state index is 13.3. The number of nitrogens with two attached hydrogens (primary N) is 1. The highest BCUT2D eigenvalue weighted by Crippen LogP contribution is 2.33. The smallest absolute Gasteiger partial charge is 0.245 e. The molecular formula is C22H28BrN3O6S. The summed E-state index contributed by atoms with van der Waals surface area (Å²) in [5.41, 5.74) is 6.22. The third-order valence-electron chi connectivity index (χ3n) is 5.58. The molecule has 9 nitrogen and oxygen atoms in total. The van der Waals surface area contributed by atoms with Crippen molar-refractivity contribution in [3.8, 4) is 11.5 Å². The molecule has 33 heavy (non-hydrogen) atoms. The molecule has 2 unspecified atom stereocenters. The molecule has 180 valence electrons. The van der Waals surface area contributed by atoms with Crippen LogP contribution in [-0.2, 0) is 14.8 Å². The van der Waals surface area contributed by atoms with Crippen molar-refractivity contribution < 1.29 is 27.8 Å². The first-order valence-electron chi connectivity index (χ1n) is 10.4. The molecule has 0 aliphatic carbocycles. The topological polar surface area (TPSA) is 131 Å². The van der Waals surface area contributed by atoms with Gasteiger partial charge in [0.15, 0.2) is 11.5 Å². The molecule has 4 N–H and O–H groups in total. The van der Waals surface area contributed by atoms with E-state index in [2.05, 4.69) is 21.2 Å². The summed E-state index contributed by atoms with van der Waals surface area (Å²) in [6, 6.07) is 9.92. The van der Waals surface area contributed by atoms with Crippen molar-refractivity contribution in [2.45, 2.75) is 23.8 Å². The Balaban J connectivity index is 1.78. The van der Waals surface area contributed by atoms with Crippen LogP contribution >= 0.6 is 15.9 Å². The Bertz CT molecular complexity index is 1110. The van der Waals surface area contributed by atoms with Crippen molar-refractivity contribution in [2.75, 3.05) is 39.2 Å². The summed E-state index contributed by atoms with van der Waals surface area (Å²) >= 11 is 3.38. The summed E-state index contributed by atoms with van der Waals surface area (Å²) in [5.74, 6) is 0.506. The number of amides is 1. The number of nitrogens with one attached hydrogen (secondary N) is 1. The van der Waals surface area contributed by atoms with Gasteiger partial charge in [-0.2, -0.15) is 4.31 Å². The predicted octanol–water partition coefficient (Wildman–Crippen LogP) is 2.50. The number of rotatable bonds is 10. The second-order valence-corrected chi connectivity index (χ2v) is 10.7. The molecule has 1 aliphatic heterocycles. The van der Waals surface area contributed by atoms with Crippen LogP contribution in [0.4, 0.5) is 5.69 Å². The van der Waals surface area contributed by atoms with E-state index in [1.807, 2.05) is 0 Å². The zero-order chi connectivity index (χ0) is 24.2. The summed E-state index contributed by atoms with van der Waals surface area (Å²) < 4.78 is 39.2. The van der Waals surface area contributed by atoms with E-state index in [-0.39, 0.29) is 30.3 Å². The van der Waals surface area contributed by atoms with Gasteiger partial charge in [-0.15, -0.1) is 0 Å². The van der Waals surface area contributed by atoms with Crippen LogP contribution in [-0.4, -0.2) is 57.6 Å². The van der Waals surface area contributed by atoms with Crippen molar-refractivity contribution in [3.63, 3.8) is 0 Å². The zero-order valence-corrected chi connectivity index (χ0v) is 20.9. The number of nitrogens with zero attached hydrogens (tertiary/aromatic N) is 1. The predicted molar refractivity (Wildman–Crippen MR) is 128 cm³/mol. The molecule has 0 aromatic heterocycles. The molecule has 1 heterocycles. The van der Waals surface area contributed by atoms with Crippen LogP contribution in [0.5, 0.6) is 11.5 Å². The van der Waals surface area contributed by atoms with Gasteiger partial charge in [-0.05, 0) is 48.2 Å². The molecule has 11 heteroatoms. The molecule has 2 atom stereocenters. The highest BCUT2D eigenvalue weighted by atomic mass is 79.9. The molecule has 1 aliphatic rings. The number of ether oxygens (including phenoxy) is 2. The van der Waals surface area contributed by atoms with Crippen LogP contribution in [0.15, 0.2) is 45.8 Å². The van der Waals surface area contributed by atoms with Crippen molar-refractivity contribution in [1.82, 2.24) is 4.31 Å². The normalized spacial score (nSPS) is 17.5. The lowest BCUT2D eigenvalue weighted by molar-refractivity contribution is -0.118. The van der Waals surface area contributed by atoms with Crippen LogP contribution in [0, 0.1) is 5.92 Å². The Morgan fingerprint density at radius 2 is 1.97 bits per heavy atom. The fourth-order valence-corrected chi connectivity index (χ4v) is 5.90. The first kappa shape index (κ1) is 25.3. The number of methoxy groups -OCH3 is 2. The van der Waals surface area contributed by atoms with Crippen molar-refractivity contribution >= 4 is 37.5 Å². The van der Waals surface area contributed by atoms with Crippen molar-refractivity contribution in [3.05, 3.63) is 46.4 Å². The minimum Gasteiger partial charge on any atom is -0.493 e. The third-order valence-corrected chi connectivity index (χ3v) is 7.99. The summed E-state index contributed by atoms with van der Waals surface area (Å²) in [6.07, 6.45) is -0.180. The van der Waals surface area contributed by atoms with Crippen molar-refractivity contribution in [2.24, 2.45) is 11.7 Å². The molecule has 3 rings (SSSR count). The molecule has 2 aromatic carbocycles. The van der Waals surface area contributed by atoms with E-state index in [0.29, 0.717) is 40.2 Å². The van der Waals surface area contributed by atoms with Gasteiger partial charge < -0.3 is 25.6 Å². The monoisotopic (exact) mass is 541 g/mol. The number of aliphatic hydroxyl groups is 1. The maximum Gasteiger partial charge on any atom is 0.245 e. The lowest BCUT2D eigenvalue weighted by Gasteiger charge is -2.21. The van der Waals surface area contributed by atoms with Gasteiger partial charge in [-0.25, -0.2) is 8.42 Å². The number of hydrogen-bond acceptors (Lipinski definition) is 7. The number of sulfonamides is 1. The number of carbonyl (C=O) groups excluding carboxylic acids is 1. The number of aliphatic hydroxyl groups excluding tert-OH is 1. The first-order chi connectivity index (χ1) is 15.6. The summed E-state index contributed by atoms with van der Waals surface area (Å²) in [7, 11) is -0.767. The molecule has 2 aromatic rings. The van der Waals surface area contributed by atoms with E-state index in [4.69, 9.17) is 15.2 Å². The fourth-order valence-electron chi connectivity index (χ4n) is 3.86. The fraction of sp³-hybridized carbons (Fsp3) is 0.409. The lowest BCUT2D eigenvalue weighted by Crippen LogP contribution is -2.30. The van der Waals surface area contributed by atoms with E-state index in [1.165, 1.54) is 24.6 Å². The molecule has 0 bridgehead atoms. The first-order valence-corrected chi connectivity index (χ1v) is 12.6. The quantitative estimate of drug-likeness (QED) is 0.421. The second kappa shape index (κ2) is 10.7. The Labute approximate surface area is 202 Å².